The van der Waals surface area contributed by atoms with Crippen LogP contribution in [0.5, 0.6) is 5.88 Å². The van der Waals surface area contributed by atoms with E-state index >= 15 is 0 Å². The van der Waals surface area contributed by atoms with Gasteiger partial charge < -0.3 is 10.4 Å². The second-order valence-corrected chi connectivity index (χ2v) is 6.00. The maximum absolute atomic E-state index is 12.1. The summed E-state index contributed by atoms with van der Waals surface area (Å²) in [5, 5.41) is 13.1. The molecule has 0 aliphatic heterocycles. The molecule has 1 atom stereocenters. The number of aromatic hydroxyl groups is 1. The van der Waals surface area contributed by atoms with Crippen LogP contribution in [0, 0.1) is 4.77 Å². The fourth-order valence-electron chi connectivity index (χ4n) is 2.23. The smallest absolute Gasteiger partial charge is 0.264 e. The minimum absolute atomic E-state index is 0.0415. The fraction of sp³-hybridized carbons (Fsp3) is 0.294. The number of nitrogens with one attached hydrogen (secondary N) is 2. The Morgan fingerprint density at radius 2 is 2.08 bits per heavy atom. The first-order chi connectivity index (χ1) is 11.8. The number of amides is 1. The van der Waals surface area contributed by atoms with Crippen molar-refractivity contribution < 1.29 is 9.90 Å². The van der Waals surface area contributed by atoms with Gasteiger partial charge in [-0.2, -0.15) is 0 Å². The number of anilines is 1. The Balaban J connectivity index is 2.36. The number of hydrogen-bond donors (Lipinski definition) is 3. The Kier molecular flexibility index (Phi) is 5.87. The molecule has 0 spiro atoms. The molecule has 132 valence electrons. The lowest BCUT2D eigenvalue weighted by molar-refractivity contribution is -0.114. The number of carbonyl (C=O) groups excluding carboxylic acids is 1. The van der Waals surface area contributed by atoms with Crippen LogP contribution in [-0.2, 0) is 4.79 Å². The fourth-order valence-corrected chi connectivity index (χ4v) is 2.59. The van der Waals surface area contributed by atoms with E-state index in [9.17, 15) is 14.7 Å². The summed E-state index contributed by atoms with van der Waals surface area (Å²) in [6.07, 6.45) is 2.05. The number of aromatic amines is 1. The van der Waals surface area contributed by atoms with Crippen LogP contribution in [0.4, 0.5) is 11.4 Å². The zero-order chi connectivity index (χ0) is 18.6. The molecule has 0 unspecified atom stereocenters. The summed E-state index contributed by atoms with van der Waals surface area (Å²) in [6, 6.07) is 6.72. The van der Waals surface area contributed by atoms with E-state index in [0.717, 1.165) is 6.42 Å². The number of hydrogen-bond acceptors (Lipinski definition) is 5. The Labute approximate surface area is 150 Å². The minimum Gasteiger partial charge on any atom is -0.494 e. The van der Waals surface area contributed by atoms with Crippen molar-refractivity contribution >= 4 is 35.7 Å². The SMILES string of the molecule is CC[C@H](C)n1c(O)c(C=Nc2ccc(NC(C)=O)cc2)c(=O)[nH]c1=S. The second kappa shape index (κ2) is 7.89. The largest absolute Gasteiger partial charge is 0.494 e. The molecular formula is C17H20N4O3S. The molecule has 1 amide bonds. The van der Waals surface area contributed by atoms with Crippen LogP contribution in [0.2, 0.25) is 0 Å². The van der Waals surface area contributed by atoms with Gasteiger partial charge in [0.15, 0.2) is 4.77 Å². The molecule has 2 aromatic rings. The number of carbonyl (C=O) groups is 1. The number of aliphatic imine (C=N–C) groups is 1. The Bertz CT molecular complexity index is 913. The average molecular weight is 360 g/mol. The number of aromatic nitrogens is 2. The number of nitrogens with zero attached hydrogens (tertiary/aromatic N) is 2. The van der Waals surface area contributed by atoms with Gasteiger partial charge in [0, 0.05) is 24.9 Å². The molecule has 7 nitrogen and oxygen atoms in total. The Morgan fingerprint density at radius 1 is 1.44 bits per heavy atom. The molecule has 0 radical (unpaired) electrons. The van der Waals surface area contributed by atoms with Gasteiger partial charge in [0.25, 0.3) is 5.56 Å². The van der Waals surface area contributed by atoms with Gasteiger partial charge in [-0.3, -0.25) is 24.1 Å². The van der Waals surface area contributed by atoms with Crippen LogP contribution in [-0.4, -0.2) is 26.8 Å². The van der Waals surface area contributed by atoms with Crippen molar-refractivity contribution in [3.8, 4) is 5.88 Å². The van der Waals surface area contributed by atoms with Crippen molar-refractivity contribution in [3.05, 3.63) is 45.0 Å². The Morgan fingerprint density at radius 3 is 2.64 bits per heavy atom. The summed E-state index contributed by atoms with van der Waals surface area (Å²) in [7, 11) is 0. The van der Waals surface area contributed by atoms with E-state index < -0.39 is 5.56 Å². The van der Waals surface area contributed by atoms with Gasteiger partial charge in [0.05, 0.1) is 5.69 Å². The summed E-state index contributed by atoms with van der Waals surface area (Å²) < 4.78 is 1.67. The first-order valence-electron chi connectivity index (χ1n) is 7.83. The van der Waals surface area contributed by atoms with Crippen molar-refractivity contribution in [1.82, 2.24) is 9.55 Å². The molecule has 8 heteroatoms. The van der Waals surface area contributed by atoms with Crippen molar-refractivity contribution in [1.29, 1.82) is 0 Å². The zero-order valence-electron chi connectivity index (χ0n) is 14.2. The average Bonchev–Trinajstić information content (AvgIpc) is 2.55. The van der Waals surface area contributed by atoms with E-state index in [0.29, 0.717) is 11.4 Å². The van der Waals surface area contributed by atoms with Crippen LogP contribution in [0.1, 0.15) is 38.8 Å². The number of rotatable bonds is 5. The highest BCUT2D eigenvalue weighted by atomic mass is 32.1. The first kappa shape index (κ1) is 18.6. The third-order valence-electron chi connectivity index (χ3n) is 3.71. The molecule has 0 aliphatic rings. The standard InChI is InChI=1S/C17H20N4O3S/c1-4-10(2)21-16(24)14(15(23)20-17(21)25)9-18-12-5-7-13(8-6-12)19-11(3)22/h5-10,24H,4H2,1-3H3,(H,19,22)(H,20,23,25)/t10-/m0/s1. The summed E-state index contributed by atoms with van der Waals surface area (Å²) in [5.41, 5.74) is 0.767. The van der Waals surface area contributed by atoms with Gasteiger partial charge in [-0.25, -0.2) is 0 Å². The maximum Gasteiger partial charge on any atom is 0.264 e. The van der Waals surface area contributed by atoms with E-state index in [4.69, 9.17) is 12.2 Å². The Hall–Kier alpha value is -2.74. The quantitative estimate of drug-likeness (QED) is 0.563. The van der Waals surface area contributed by atoms with E-state index in [2.05, 4.69) is 15.3 Å². The van der Waals surface area contributed by atoms with Gasteiger partial charge in [0.1, 0.15) is 5.56 Å². The van der Waals surface area contributed by atoms with Gasteiger partial charge >= 0.3 is 0 Å². The van der Waals surface area contributed by atoms with E-state index in [1.165, 1.54) is 17.7 Å². The van der Waals surface area contributed by atoms with Crippen molar-refractivity contribution in [2.24, 2.45) is 4.99 Å². The predicted octanol–water partition coefficient (Wildman–Crippen LogP) is 3.29. The molecule has 3 N–H and O–H groups in total. The zero-order valence-corrected chi connectivity index (χ0v) is 15.1. The van der Waals surface area contributed by atoms with Gasteiger partial charge in [-0.1, -0.05) is 6.92 Å². The summed E-state index contributed by atoms with van der Waals surface area (Å²) in [4.78, 5) is 29.9. The van der Waals surface area contributed by atoms with Crippen molar-refractivity contribution in [2.45, 2.75) is 33.2 Å². The first-order valence-corrected chi connectivity index (χ1v) is 8.23. The van der Waals surface area contributed by atoms with Crippen LogP contribution in [0.25, 0.3) is 0 Å². The highest BCUT2D eigenvalue weighted by Crippen LogP contribution is 2.21. The molecular weight excluding hydrogens is 340 g/mol. The summed E-state index contributed by atoms with van der Waals surface area (Å²) in [5.74, 6) is -0.368. The molecule has 0 fully saturated rings. The van der Waals surface area contributed by atoms with Crippen LogP contribution in [0.3, 0.4) is 0 Å². The van der Waals surface area contributed by atoms with Crippen LogP contribution in [0.15, 0.2) is 34.1 Å². The number of benzene rings is 1. The highest BCUT2D eigenvalue weighted by Gasteiger charge is 2.14. The molecule has 2 rings (SSSR count). The third kappa shape index (κ3) is 4.42. The lowest BCUT2D eigenvalue weighted by atomic mass is 10.2. The lowest BCUT2D eigenvalue weighted by Gasteiger charge is -2.16. The molecule has 0 bridgehead atoms. The lowest BCUT2D eigenvalue weighted by Crippen LogP contribution is -2.20. The summed E-state index contributed by atoms with van der Waals surface area (Å²) in [6.45, 7) is 5.29. The molecule has 0 saturated heterocycles. The summed E-state index contributed by atoms with van der Waals surface area (Å²) >= 11 is 5.12. The van der Waals surface area contributed by atoms with Crippen molar-refractivity contribution in [3.63, 3.8) is 0 Å². The molecule has 25 heavy (non-hydrogen) atoms. The molecule has 1 aromatic heterocycles. The topological polar surface area (TPSA) is 99.5 Å². The molecule has 1 heterocycles. The van der Waals surface area contributed by atoms with Gasteiger partial charge in [-0.05, 0) is 49.8 Å². The molecule has 0 aliphatic carbocycles. The molecule has 1 aromatic carbocycles. The molecule has 0 saturated carbocycles. The second-order valence-electron chi connectivity index (χ2n) is 5.61. The van der Waals surface area contributed by atoms with Crippen LogP contribution >= 0.6 is 12.2 Å². The van der Waals surface area contributed by atoms with Crippen LogP contribution < -0.4 is 10.9 Å². The van der Waals surface area contributed by atoms with E-state index in [-0.39, 0.29) is 28.2 Å². The predicted molar refractivity (Wildman–Crippen MR) is 101 cm³/mol. The van der Waals surface area contributed by atoms with Gasteiger partial charge in [-0.15, -0.1) is 0 Å². The highest BCUT2D eigenvalue weighted by molar-refractivity contribution is 7.71. The maximum atomic E-state index is 12.1. The monoisotopic (exact) mass is 360 g/mol. The third-order valence-corrected chi connectivity index (χ3v) is 4.01. The number of H-pyrrole nitrogens is 1. The van der Waals surface area contributed by atoms with E-state index in [1.807, 2.05) is 13.8 Å². The van der Waals surface area contributed by atoms with E-state index in [1.54, 1.807) is 24.3 Å². The normalized spacial score (nSPS) is 12.3. The minimum atomic E-state index is -0.499. The van der Waals surface area contributed by atoms with Gasteiger partial charge in [0.2, 0.25) is 11.8 Å². The van der Waals surface area contributed by atoms with Crippen molar-refractivity contribution in [2.75, 3.05) is 5.32 Å².